The first-order chi connectivity index (χ1) is 31.3. The fourth-order valence-electron chi connectivity index (χ4n) is 6.58. The number of carbonyl (C=O) groups excluding carboxylic acids is 3. The van der Waals surface area contributed by atoms with Gasteiger partial charge in [-0.1, -0.05) is 30.3 Å². The van der Waals surface area contributed by atoms with E-state index in [2.05, 4.69) is 20.5 Å². The summed E-state index contributed by atoms with van der Waals surface area (Å²) in [5.74, 6) is -1.83. The summed E-state index contributed by atoms with van der Waals surface area (Å²) in [4.78, 5) is 57.6. The molecule has 4 aromatic rings. The molecule has 4 aromatic carbocycles. The first-order valence-electron chi connectivity index (χ1n) is 21.1. The van der Waals surface area contributed by atoms with E-state index in [9.17, 15) is 32.3 Å². The SMILES string of the molecule is NC(/C=C\[NH2+]c1cccc(C(F)(F)F)c1)=NC(=O)c1cc(N2CCCCC2)ccc1NC(=O)c1cccc(CSc2cccc(CC(=O)NCCOCCOCCOCCC(=O)O)c2)c1. The third-order valence-corrected chi connectivity index (χ3v) is 10.9. The Balaban J connectivity index is 1.13. The molecular formula is C47H54F3N6O8S+. The Bertz CT molecular complexity index is 2290. The predicted octanol–water partition coefficient (Wildman–Crippen LogP) is 6.33. The number of hydrogen-bond acceptors (Lipinski definition) is 9. The Morgan fingerprint density at radius 2 is 1.54 bits per heavy atom. The van der Waals surface area contributed by atoms with Crippen LogP contribution in [0.4, 0.5) is 30.2 Å². The molecule has 1 heterocycles. The quantitative estimate of drug-likeness (QED) is 0.0173. The van der Waals surface area contributed by atoms with Gasteiger partial charge >= 0.3 is 12.1 Å². The van der Waals surface area contributed by atoms with Gasteiger partial charge in [-0.25, -0.2) is 0 Å². The zero-order chi connectivity index (χ0) is 46.4. The number of alkyl halides is 3. The lowest BCUT2D eigenvalue weighted by molar-refractivity contribution is -0.496. The van der Waals surface area contributed by atoms with Crippen LogP contribution < -0.4 is 26.6 Å². The summed E-state index contributed by atoms with van der Waals surface area (Å²) in [7, 11) is 0. The number of hydrogen-bond donors (Lipinski definition) is 5. The van der Waals surface area contributed by atoms with E-state index in [1.54, 1.807) is 42.1 Å². The zero-order valence-corrected chi connectivity index (χ0v) is 36.6. The van der Waals surface area contributed by atoms with Crippen molar-refractivity contribution in [1.82, 2.24) is 5.32 Å². The van der Waals surface area contributed by atoms with E-state index in [0.29, 0.717) is 56.6 Å². The normalized spacial score (nSPS) is 13.2. The minimum atomic E-state index is -4.49. The van der Waals surface area contributed by atoms with Crippen molar-refractivity contribution in [1.29, 1.82) is 0 Å². The van der Waals surface area contributed by atoms with Gasteiger partial charge in [-0.05, 0) is 85.0 Å². The van der Waals surface area contributed by atoms with Crippen molar-refractivity contribution in [3.05, 3.63) is 131 Å². The number of quaternary nitrogens is 1. The fourth-order valence-corrected chi connectivity index (χ4v) is 7.50. The Morgan fingerprint density at radius 3 is 2.29 bits per heavy atom. The number of nitrogens with one attached hydrogen (secondary N) is 2. The number of rotatable bonds is 24. The summed E-state index contributed by atoms with van der Waals surface area (Å²) in [6.45, 7) is 3.77. The molecule has 7 N–H and O–H groups in total. The number of anilines is 2. The number of carbonyl (C=O) groups is 4. The van der Waals surface area contributed by atoms with Crippen LogP contribution in [0.15, 0.2) is 113 Å². The summed E-state index contributed by atoms with van der Waals surface area (Å²) in [5, 5.41) is 15.7. The smallest absolute Gasteiger partial charge is 0.416 e. The summed E-state index contributed by atoms with van der Waals surface area (Å²) >= 11 is 1.55. The number of nitrogens with two attached hydrogens (primary N) is 2. The Kier molecular flexibility index (Phi) is 20.0. The maximum atomic E-state index is 13.7. The molecule has 14 nitrogen and oxygen atoms in total. The van der Waals surface area contributed by atoms with Crippen LogP contribution in [0.5, 0.6) is 0 Å². The monoisotopic (exact) mass is 919 g/mol. The Morgan fingerprint density at radius 1 is 0.831 bits per heavy atom. The predicted molar refractivity (Wildman–Crippen MR) is 242 cm³/mol. The molecule has 65 heavy (non-hydrogen) atoms. The van der Waals surface area contributed by atoms with E-state index in [4.69, 9.17) is 25.1 Å². The second-order valence-corrected chi connectivity index (χ2v) is 15.9. The molecule has 0 bridgehead atoms. The molecule has 1 aliphatic heterocycles. The zero-order valence-electron chi connectivity index (χ0n) is 35.8. The number of halogens is 3. The van der Waals surface area contributed by atoms with Crippen LogP contribution in [0.3, 0.4) is 0 Å². The first kappa shape index (κ1) is 50.0. The van der Waals surface area contributed by atoms with Crippen LogP contribution in [0.25, 0.3) is 0 Å². The molecule has 1 fully saturated rings. The van der Waals surface area contributed by atoms with Gasteiger partial charge in [0.25, 0.3) is 11.8 Å². The van der Waals surface area contributed by atoms with Crippen LogP contribution in [0, 0.1) is 0 Å². The van der Waals surface area contributed by atoms with Crippen LogP contribution >= 0.6 is 11.8 Å². The van der Waals surface area contributed by atoms with Crippen LogP contribution in [0.2, 0.25) is 0 Å². The molecule has 346 valence electrons. The van der Waals surface area contributed by atoms with Crippen molar-refractivity contribution in [3.8, 4) is 0 Å². The second kappa shape index (κ2) is 26.0. The summed E-state index contributed by atoms with van der Waals surface area (Å²) in [6, 6.07) is 24.8. The van der Waals surface area contributed by atoms with Crippen LogP contribution in [0.1, 0.15) is 63.1 Å². The number of carboxylic acid groups (broad SMARTS) is 1. The van der Waals surface area contributed by atoms with Gasteiger partial charge in [-0.2, -0.15) is 18.2 Å². The topological polar surface area (TPSA) is 198 Å². The minimum Gasteiger partial charge on any atom is -0.481 e. The van der Waals surface area contributed by atoms with Gasteiger partial charge in [0.2, 0.25) is 5.91 Å². The number of ether oxygens (including phenoxy) is 3. The number of nitrogens with zero attached hydrogens (tertiary/aromatic N) is 2. The number of benzene rings is 4. The first-order valence-corrected chi connectivity index (χ1v) is 22.1. The third kappa shape index (κ3) is 17.8. The molecule has 1 aliphatic rings. The molecule has 0 spiro atoms. The average molecular weight is 920 g/mol. The van der Waals surface area contributed by atoms with Crippen molar-refractivity contribution in [2.24, 2.45) is 10.7 Å². The van der Waals surface area contributed by atoms with E-state index in [1.165, 1.54) is 29.7 Å². The number of carboxylic acids is 1. The summed E-state index contributed by atoms with van der Waals surface area (Å²) in [6.07, 6.45) is 1.50. The number of aliphatic imine (C=N–C) groups is 1. The summed E-state index contributed by atoms with van der Waals surface area (Å²) < 4.78 is 55.5. The maximum absolute atomic E-state index is 13.7. The molecule has 0 saturated carbocycles. The third-order valence-electron chi connectivity index (χ3n) is 9.83. The van der Waals surface area contributed by atoms with E-state index in [0.717, 1.165) is 66.2 Å². The number of aliphatic carboxylic acids is 1. The standard InChI is InChI=1S/C47H53F3N6O8S/c48-47(49,50)36-10-6-11-37(30-36)52-17-15-42(51)55-46(61)40-31-38(56-19-2-1-3-20-56)13-14-41(40)54-45(60)35-9-4-8-34(27-35)32-65-39-12-5-7-33(28-39)29-43(57)53-18-22-63-24-26-64-25-23-62-21-16-44(58)59/h4-15,17,27-28,30-31,52H,1-3,16,18-26,29,32H2,(H,53,57)(H,54,60)(H,58,59)(H2,51,55,61)/p+1/b17-15-. The van der Waals surface area contributed by atoms with E-state index < -0.39 is 29.5 Å². The largest absolute Gasteiger partial charge is 0.481 e. The number of amidine groups is 1. The van der Waals surface area contributed by atoms with Crippen molar-refractivity contribution >= 4 is 58.4 Å². The number of piperidine rings is 1. The van der Waals surface area contributed by atoms with Crippen molar-refractivity contribution in [2.75, 3.05) is 69.5 Å². The lowest BCUT2D eigenvalue weighted by Gasteiger charge is -2.29. The highest BCUT2D eigenvalue weighted by Crippen LogP contribution is 2.30. The van der Waals surface area contributed by atoms with Gasteiger partial charge < -0.3 is 40.6 Å². The molecular weight excluding hydrogens is 866 g/mol. The molecule has 3 amide bonds. The average Bonchev–Trinajstić information content (AvgIpc) is 3.29. The number of thioether (sulfide) groups is 1. The van der Waals surface area contributed by atoms with Gasteiger partial charge in [0.05, 0.1) is 69.3 Å². The van der Waals surface area contributed by atoms with Crippen molar-refractivity contribution < 1.29 is 57.0 Å². The van der Waals surface area contributed by atoms with Crippen molar-refractivity contribution in [3.63, 3.8) is 0 Å². The van der Waals surface area contributed by atoms with Crippen LogP contribution in [-0.4, -0.2) is 93.9 Å². The van der Waals surface area contributed by atoms with Gasteiger partial charge in [-0.15, -0.1) is 11.8 Å². The highest BCUT2D eigenvalue weighted by Gasteiger charge is 2.31. The fraction of sp³-hybridized carbons (Fsp3) is 0.340. The van der Waals surface area contributed by atoms with Gasteiger partial charge in [0.15, 0.2) is 0 Å². The molecule has 0 unspecified atom stereocenters. The van der Waals surface area contributed by atoms with E-state index in [1.807, 2.05) is 36.4 Å². The molecule has 18 heteroatoms. The van der Waals surface area contributed by atoms with E-state index >= 15 is 0 Å². The molecule has 0 aromatic heterocycles. The van der Waals surface area contributed by atoms with E-state index in [-0.39, 0.29) is 42.4 Å². The molecule has 0 aliphatic carbocycles. The highest BCUT2D eigenvalue weighted by molar-refractivity contribution is 7.98. The van der Waals surface area contributed by atoms with Crippen molar-refractivity contribution in [2.45, 2.75) is 48.9 Å². The maximum Gasteiger partial charge on any atom is 0.416 e. The summed E-state index contributed by atoms with van der Waals surface area (Å²) in [5.41, 5.74) is 8.85. The molecule has 5 rings (SSSR count). The highest BCUT2D eigenvalue weighted by atomic mass is 32.2. The van der Waals surface area contributed by atoms with Gasteiger partial charge in [0.1, 0.15) is 17.7 Å². The molecule has 0 atom stereocenters. The lowest BCUT2D eigenvalue weighted by atomic mass is 10.1. The Hall–Kier alpha value is -6.05. The Labute approximate surface area is 379 Å². The van der Waals surface area contributed by atoms with Gasteiger partial charge in [-0.3, -0.25) is 24.5 Å². The van der Waals surface area contributed by atoms with Gasteiger partial charge in [0, 0.05) is 53.7 Å². The molecule has 1 saturated heterocycles. The second-order valence-electron chi connectivity index (χ2n) is 14.9. The lowest BCUT2D eigenvalue weighted by Crippen LogP contribution is -2.71. The van der Waals surface area contributed by atoms with Crippen LogP contribution in [-0.2, 0) is 42.1 Å². The number of amides is 3. The molecule has 0 radical (unpaired) electrons. The minimum absolute atomic E-state index is 0.0505.